The number of hydrogen-bond donors (Lipinski definition) is 3. The third-order valence-electron chi connectivity index (χ3n) is 2.43. The summed E-state index contributed by atoms with van der Waals surface area (Å²) >= 11 is 0. The predicted octanol–water partition coefficient (Wildman–Crippen LogP) is -1.11. The Labute approximate surface area is 97.2 Å². The van der Waals surface area contributed by atoms with Gasteiger partial charge in [0.05, 0.1) is 6.10 Å². The topological polar surface area (TPSA) is 81.7 Å². The molecule has 1 atom stereocenters. The van der Waals surface area contributed by atoms with Crippen LogP contribution in [0.25, 0.3) is 0 Å². The third kappa shape index (κ3) is 4.75. The van der Waals surface area contributed by atoms with Gasteiger partial charge in [0.15, 0.2) is 0 Å². The number of hydrogen-bond acceptors (Lipinski definition) is 4. The second kappa shape index (κ2) is 6.51. The fraction of sp³-hybridized carbons (Fsp3) is 1.00. The van der Waals surface area contributed by atoms with E-state index >= 15 is 0 Å². The molecule has 0 aromatic heterocycles. The molecule has 0 spiro atoms. The number of aliphatic hydroxyl groups excluding tert-OH is 1. The van der Waals surface area contributed by atoms with Crippen LogP contribution >= 0.6 is 0 Å². The minimum absolute atomic E-state index is 0.353. The van der Waals surface area contributed by atoms with Gasteiger partial charge in [-0.15, -0.1) is 0 Å². The first kappa shape index (κ1) is 13.9. The van der Waals surface area contributed by atoms with Crippen molar-refractivity contribution in [3.63, 3.8) is 0 Å². The lowest BCUT2D eigenvalue weighted by molar-refractivity contribution is 0.192. The van der Waals surface area contributed by atoms with Gasteiger partial charge in [0, 0.05) is 32.7 Å². The molecule has 96 valence electrons. The molecular formula is C9H21N3O3S. The molecule has 0 saturated carbocycles. The van der Waals surface area contributed by atoms with Crippen LogP contribution in [0.3, 0.4) is 0 Å². The second-order valence-electron chi connectivity index (χ2n) is 4.06. The van der Waals surface area contributed by atoms with Crippen molar-refractivity contribution in [1.82, 2.24) is 14.3 Å². The molecule has 16 heavy (non-hydrogen) atoms. The first-order chi connectivity index (χ1) is 7.52. The van der Waals surface area contributed by atoms with Crippen LogP contribution in [0.15, 0.2) is 0 Å². The Kier molecular flexibility index (Phi) is 5.63. The molecule has 0 aliphatic carbocycles. The second-order valence-corrected chi connectivity index (χ2v) is 5.81. The standard InChI is InChI=1S/C9H21N3O3S/c1-9(13)8-10-4-5-11-16(14,15)12-6-2-3-7-12/h9-11,13H,2-8H2,1H3. The number of aliphatic hydroxyl groups is 1. The van der Waals surface area contributed by atoms with E-state index < -0.39 is 16.3 Å². The number of nitrogens with one attached hydrogen (secondary N) is 2. The highest BCUT2D eigenvalue weighted by molar-refractivity contribution is 7.87. The summed E-state index contributed by atoms with van der Waals surface area (Å²) in [6, 6.07) is 0. The van der Waals surface area contributed by atoms with E-state index in [2.05, 4.69) is 10.0 Å². The van der Waals surface area contributed by atoms with Crippen molar-refractivity contribution >= 4 is 10.2 Å². The maximum Gasteiger partial charge on any atom is 0.279 e. The van der Waals surface area contributed by atoms with Crippen LogP contribution in [0.5, 0.6) is 0 Å². The van der Waals surface area contributed by atoms with E-state index in [1.165, 1.54) is 4.31 Å². The lowest BCUT2D eigenvalue weighted by atomic mass is 10.4. The Morgan fingerprint density at radius 3 is 2.50 bits per heavy atom. The minimum atomic E-state index is -3.28. The summed E-state index contributed by atoms with van der Waals surface area (Å²) in [5.74, 6) is 0. The molecule has 3 N–H and O–H groups in total. The van der Waals surface area contributed by atoms with Crippen LogP contribution in [-0.4, -0.2) is 56.7 Å². The molecular weight excluding hydrogens is 230 g/mol. The molecule has 7 heteroatoms. The number of nitrogens with zero attached hydrogens (tertiary/aromatic N) is 1. The lowest BCUT2D eigenvalue weighted by Crippen LogP contribution is -2.42. The molecule has 0 aromatic rings. The van der Waals surface area contributed by atoms with Gasteiger partial charge in [0.1, 0.15) is 0 Å². The normalized spacial score (nSPS) is 20.1. The van der Waals surface area contributed by atoms with E-state index in [-0.39, 0.29) is 0 Å². The van der Waals surface area contributed by atoms with Crippen molar-refractivity contribution in [2.45, 2.75) is 25.9 Å². The third-order valence-corrected chi connectivity index (χ3v) is 4.04. The highest BCUT2D eigenvalue weighted by atomic mass is 32.2. The smallest absolute Gasteiger partial charge is 0.279 e. The summed E-state index contributed by atoms with van der Waals surface area (Å²) in [6.07, 6.45) is 1.48. The summed E-state index contributed by atoms with van der Waals surface area (Å²) in [6.45, 7) is 4.28. The van der Waals surface area contributed by atoms with E-state index in [4.69, 9.17) is 5.11 Å². The van der Waals surface area contributed by atoms with Gasteiger partial charge >= 0.3 is 0 Å². The minimum Gasteiger partial charge on any atom is -0.392 e. The Morgan fingerprint density at radius 1 is 1.31 bits per heavy atom. The Balaban J connectivity index is 2.16. The summed E-state index contributed by atoms with van der Waals surface area (Å²) in [5, 5.41) is 11.9. The fourth-order valence-electron chi connectivity index (χ4n) is 1.60. The first-order valence-electron chi connectivity index (χ1n) is 5.66. The van der Waals surface area contributed by atoms with Gasteiger partial charge < -0.3 is 10.4 Å². The van der Waals surface area contributed by atoms with E-state index in [1.54, 1.807) is 6.92 Å². The zero-order valence-electron chi connectivity index (χ0n) is 9.65. The Hall–Kier alpha value is -0.210. The van der Waals surface area contributed by atoms with E-state index in [0.717, 1.165) is 12.8 Å². The molecule has 1 aliphatic rings. The van der Waals surface area contributed by atoms with Crippen molar-refractivity contribution in [2.24, 2.45) is 0 Å². The van der Waals surface area contributed by atoms with Gasteiger partial charge in [-0.2, -0.15) is 12.7 Å². The van der Waals surface area contributed by atoms with Crippen LogP contribution in [0.4, 0.5) is 0 Å². The molecule has 1 heterocycles. The Bertz CT molecular complexity index is 286. The zero-order valence-corrected chi connectivity index (χ0v) is 10.5. The van der Waals surface area contributed by atoms with E-state index in [0.29, 0.717) is 32.7 Å². The maximum atomic E-state index is 11.7. The molecule has 1 unspecified atom stereocenters. The molecule has 0 amide bonds. The fourth-order valence-corrected chi connectivity index (χ4v) is 2.88. The average Bonchev–Trinajstić information content (AvgIpc) is 2.69. The molecule has 1 aliphatic heterocycles. The first-order valence-corrected chi connectivity index (χ1v) is 7.10. The van der Waals surface area contributed by atoms with Crippen LogP contribution in [0, 0.1) is 0 Å². The van der Waals surface area contributed by atoms with Crippen LogP contribution in [0.1, 0.15) is 19.8 Å². The van der Waals surface area contributed by atoms with Gasteiger partial charge in [-0.05, 0) is 19.8 Å². The van der Waals surface area contributed by atoms with Gasteiger partial charge in [-0.1, -0.05) is 0 Å². The predicted molar refractivity (Wildman–Crippen MR) is 62.3 cm³/mol. The monoisotopic (exact) mass is 251 g/mol. The molecule has 1 saturated heterocycles. The highest BCUT2D eigenvalue weighted by Crippen LogP contribution is 2.10. The molecule has 0 radical (unpaired) electrons. The van der Waals surface area contributed by atoms with Crippen molar-refractivity contribution < 1.29 is 13.5 Å². The maximum absolute atomic E-state index is 11.7. The largest absolute Gasteiger partial charge is 0.392 e. The van der Waals surface area contributed by atoms with E-state index in [1.807, 2.05) is 0 Å². The van der Waals surface area contributed by atoms with Crippen molar-refractivity contribution in [3.05, 3.63) is 0 Å². The lowest BCUT2D eigenvalue weighted by Gasteiger charge is -2.16. The molecule has 6 nitrogen and oxygen atoms in total. The van der Waals surface area contributed by atoms with Crippen LogP contribution in [-0.2, 0) is 10.2 Å². The van der Waals surface area contributed by atoms with Crippen molar-refractivity contribution in [2.75, 3.05) is 32.7 Å². The van der Waals surface area contributed by atoms with Gasteiger partial charge in [0.25, 0.3) is 10.2 Å². The molecule has 1 rings (SSSR count). The van der Waals surface area contributed by atoms with Gasteiger partial charge in [-0.3, -0.25) is 0 Å². The SMILES string of the molecule is CC(O)CNCCNS(=O)(=O)N1CCCC1. The Morgan fingerprint density at radius 2 is 1.94 bits per heavy atom. The van der Waals surface area contributed by atoms with Crippen molar-refractivity contribution in [1.29, 1.82) is 0 Å². The number of rotatable bonds is 7. The van der Waals surface area contributed by atoms with Gasteiger partial charge in [0.2, 0.25) is 0 Å². The summed E-state index contributed by atoms with van der Waals surface area (Å²) in [7, 11) is -3.28. The van der Waals surface area contributed by atoms with Crippen molar-refractivity contribution in [3.8, 4) is 0 Å². The average molecular weight is 251 g/mol. The summed E-state index contributed by atoms with van der Waals surface area (Å²) in [4.78, 5) is 0. The zero-order chi connectivity index (χ0) is 12.0. The highest BCUT2D eigenvalue weighted by Gasteiger charge is 2.24. The quantitative estimate of drug-likeness (QED) is 0.501. The molecule has 0 bridgehead atoms. The van der Waals surface area contributed by atoms with E-state index in [9.17, 15) is 8.42 Å². The molecule has 0 aromatic carbocycles. The van der Waals surface area contributed by atoms with Crippen LogP contribution < -0.4 is 10.0 Å². The summed E-state index contributed by atoms with van der Waals surface area (Å²) in [5.41, 5.74) is 0. The van der Waals surface area contributed by atoms with Gasteiger partial charge in [-0.25, -0.2) is 4.72 Å². The van der Waals surface area contributed by atoms with Crippen LogP contribution in [0.2, 0.25) is 0 Å². The summed E-state index contributed by atoms with van der Waals surface area (Å²) < 4.78 is 27.3. The molecule has 1 fully saturated rings.